The fourth-order valence-corrected chi connectivity index (χ4v) is 3.19. The molecule has 28 heavy (non-hydrogen) atoms. The number of aromatic nitrogens is 2. The highest BCUT2D eigenvalue weighted by atomic mass is 32.2. The van der Waals surface area contributed by atoms with E-state index in [9.17, 15) is 4.79 Å². The summed E-state index contributed by atoms with van der Waals surface area (Å²) in [7, 11) is 3.98. The van der Waals surface area contributed by atoms with E-state index in [1.807, 2.05) is 61.5 Å². The molecule has 0 saturated heterocycles. The molecule has 0 aliphatic carbocycles. The number of carbonyl (C=O) groups is 1. The maximum atomic E-state index is 12.2. The Morgan fingerprint density at radius 1 is 1.07 bits per heavy atom. The molecule has 0 bridgehead atoms. The minimum absolute atomic E-state index is 0.177. The summed E-state index contributed by atoms with van der Waals surface area (Å²) in [5, 5.41) is 13.4. The van der Waals surface area contributed by atoms with E-state index in [-0.39, 0.29) is 17.5 Å². The topological polar surface area (TPSA) is 96.4 Å². The molecule has 9 heteroatoms. The van der Waals surface area contributed by atoms with Gasteiger partial charge in [0.25, 0.3) is 0 Å². The number of nitrogens with one attached hydrogen (secondary N) is 2. The van der Waals surface area contributed by atoms with E-state index in [0.717, 1.165) is 23.6 Å². The van der Waals surface area contributed by atoms with E-state index in [2.05, 4.69) is 20.9 Å². The van der Waals surface area contributed by atoms with E-state index in [0.29, 0.717) is 18.1 Å². The predicted octanol–water partition coefficient (Wildman–Crippen LogP) is 3.21. The molecule has 0 fully saturated rings. The maximum Gasteiger partial charge on any atom is 0.235 e. The van der Waals surface area contributed by atoms with Gasteiger partial charge >= 0.3 is 0 Å². The lowest BCUT2D eigenvalue weighted by Gasteiger charge is -2.06. The Morgan fingerprint density at radius 2 is 1.82 bits per heavy atom. The van der Waals surface area contributed by atoms with Crippen LogP contribution in [0.25, 0.3) is 0 Å². The molecule has 0 unspecified atom stereocenters. The molecule has 148 valence electrons. The number of benzene rings is 1. The quantitative estimate of drug-likeness (QED) is 0.535. The van der Waals surface area contributed by atoms with Crippen molar-refractivity contribution in [3.63, 3.8) is 0 Å². The highest BCUT2D eigenvalue weighted by molar-refractivity contribution is 7.99. The van der Waals surface area contributed by atoms with Gasteiger partial charge < -0.3 is 20.0 Å². The van der Waals surface area contributed by atoms with Crippen LogP contribution in [0.2, 0.25) is 0 Å². The molecule has 0 saturated carbocycles. The number of thioether (sulfide) groups is 1. The number of rotatable bonds is 10. The summed E-state index contributed by atoms with van der Waals surface area (Å²) >= 11 is 1.47. The molecule has 1 amide bonds. The van der Waals surface area contributed by atoms with Gasteiger partial charge in [-0.3, -0.25) is 4.79 Å². The SMILES string of the molecule is CN(C)Cc1ccc(CSCC(=O)Nc2nonc2NCc2ccccc2)o1. The maximum absolute atomic E-state index is 12.2. The molecular weight excluding hydrogens is 378 g/mol. The minimum atomic E-state index is -0.177. The zero-order chi connectivity index (χ0) is 19.8. The molecule has 2 heterocycles. The second-order valence-electron chi connectivity index (χ2n) is 6.45. The van der Waals surface area contributed by atoms with Crippen molar-refractivity contribution < 1.29 is 13.8 Å². The van der Waals surface area contributed by atoms with Crippen LogP contribution in [0.5, 0.6) is 0 Å². The Bertz CT molecular complexity index is 879. The molecule has 3 aromatic rings. The molecule has 8 nitrogen and oxygen atoms in total. The van der Waals surface area contributed by atoms with Gasteiger partial charge in [-0.1, -0.05) is 30.3 Å². The monoisotopic (exact) mass is 401 g/mol. The smallest absolute Gasteiger partial charge is 0.235 e. The van der Waals surface area contributed by atoms with Crippen molar-refractivity contribution in [3.8, 4) is 0 Å². The van der Waals surface area contributed by atoms with E-state index in [1.165, 1.54) is 11.8 Å². The predicted molar refractivity (Wildman–Crippen MR) is 109 cm³/mol. The molecule has 2 N–H and O–H groups in total. The molecular formula is C19H23N5O3S. The standard InChI is InChI=1S/C19H23N5O3S/c1-24(2)11-15-8-9-16(26-15)12-28-13-17(25)21-19-18(22-27-23-19)20-10-14-6-4-3-5-7-14/h3-9H,10-13H2,1-2H3,(H,20,22)(H,21,23,25). The van der Waals surface area contributed by atoms with Crippen molar-refractivity contribution in [3.05, 3.63) is 59.5 Å². The first-order valence-electron chi connectivity index (χ1n) is 8.80. The third kappa shape index (κ3) is 6.14. The zero-order valence-corrected chi connectivity index (χ0v) is 16.7. The Kier molecular flexibility index (Phi) is 7.10. The van der Waals surface area contributed by atoms with E-state index in [1.54, 1.807) is 0 Å². The van der Waals surface area contributed by atoms with Gasteiger partial charge in [0.1, 0.15) is 11.5 Å². The molecule has 0 aliphatic rings. The summed E-state index contributed by atoms with van der Waals surface area (Å²) in [4.78, 5) is 14.2. The minimum Gasteiger partial charge on any atom is -0.464 e. The molecule has 3 rings (SSSR count). The first kappa shape index (κ1) is 20.0. The van der Waals surface area contributed by atoms with Gasteiger partial charge in [-0.15, -0.1) is 11.8 Å². The normalized spacial score (nSPS) is 11.0. The summed E-state index contributed by atoms with van der Waals surface area (Å²) in [5.74, 6) is 3.17. The summed E-state index contributed by atoms with van der Waals surface area (Å²) in [6.07, 6.45) is 0. The number of furan rings is 1. The summed E-state index contributed by atoms with van der Waals surface area (Å²) in [6, 6.07) is 13.8. The van der Waals surface area contributed by atoms with E-state index < -0.39 is 0 Å². The van der Waals surface area contributed by atoms with Crippen LogP contribution in [0.4, 0.5) is 11.6 Å². The summed E-state index contributed by atoms with van der Waals surface area (Å²) in [5.41, 5.74) is 1.09. The first-order chi connectivity index (χ1) is 13.6. The molecule has 2 aromatic heterocycles. The van der Waals surface area contributed by atoms with Gasteiger partial charge in [0, 0.05) is 6.54 Å². The van der Waals surface area contributed by atoms with Gasteiger partial charge in [-0.2, -0.15) is 0 Å². The third-order valence-electron chi connectivity index (χ3n) is 3.72. The number of carbonyl (C=O) groups excluding carboxylic acids is 1. The van der Waals surface area contributed by atoms with Crippen molar-refractivity contribution in [2.75, 3.05) is 30.5 Å². The third-order valence-corrected chi connectivity index (χ3v) is 4.67. The molecule has 0 radical (unpaired) electrons. The average molecular weight is 401 g/mol. The summed E-state index contributed by atoms with van der Waals surface area (Å²) < 4.78 is 10.5. The molecule has 0 atom stereocenters. The van der Waals surface area contributed by atoms with Gasteiger partial charge in [0.05, 0.1) is 18.1 Å². The second-order valence-corrected chi connectivity index (χ2v) is 7.43. The Hall–Kier alpha value is -2.78. The zero-order valence-electron chi connectivity index (χ0n) is 15.8. The Labute approximate surface area is 167 Å². The van der Waals surface area contributed by atoms with Gasteiger partial charge in [0.15, 0.2) is 0 Å². The highest BCUT2D eigenvalue weighted by Crippen LogP contribution is 2.19. The largest absolute Gasteiger partial charge is 0.464 e. The van der Waals surface area contributed by atoms with Crippen molar-refractivity contribution in [2.45, 2.75) is 18.8 Å². The fourth-order valence-electron chi connectivity index (χ4n) is 2.48. The number of hydrogen-bond donors (Lipinski definition) is 2. The van der Waals surface area contributed by atoms with E-state index in [4.69, 9.17) is 9.05 Å². The van der Waals surface area contributed by atoms with Crippen LogP contribution in [-0.4, -0.2) is 41.0 Å². The first-order valence-corrected chi connectivity index (χ1v) is 9.96. The van der Waals surface area contributed by atoms with Crippen LogP contribution in [0, 0.1) is 0 Å². The average Bonchev–Trinajstić information content (AvgIpc) is 3.30. The second kappa shape index (κ2) is 9.95. The Morgan fingerprint density at radius 3 is 2.61 bits per heavy atom. The molecule has 1 aromatic carbocycles. The Balaban J connectivity index is 1.42. The number of nitrogens with zero attached hydrogens (tertiary/aromatic N) is 3. The lowest BCUT2D eigenvalue weighted by molar-refractivity contribution is -0.113. The number of hydrogen-bond acceptors (Lipinski definition) is 8. The van der Waals surface area contributed by atoms with Gasteiger partial charge in [-0.05, 0) is 42.1 Å². The van der Waals surface area contributed by atoms with Crippen LogP contribution in [0.15, 0.2) is 51.5 Å². The number of anilines is 2. The van der Waals surface area contributed by atoms with Crippen molar-refractivity contribution in [1.82, 2.24) is 15.2 Å². The van der Waals surface area contributed by atoms with Crippen molar-refractivity contribution >= 4 is 29.3 Å². The van der Waals surface area contributed by atoms with Crippen LogP contribution in [0.3, 0.4) is 0 Å². The van der Waals surface area contributed by atoms with Crippen molar-refractivity contribution in [2.24, 2.45) is 0 Å². The van der Waals surface area contributed by atoms with Crippen LogP contribution in [0.1, 0.15) is 17.1 Å². The van der Waals surface area contributed by atoms with Crippen LogP contribution < -0.4 is 10.6 Å². The van der Waals surface area contributed by atoms with Gasteiger partial charge in [-0.25, -0.2) is 4.63 Å². The summed E-state index contributed by atoms with van der Waals surface area (Å²) in [6.45, 7) is 1.31. The lowest BCUT2D eigenvalue weighted by Crippen LogP contribution is -2.16. The highest BCUT2D eigenvalue weighted by Gasteiger charge is 2.13. The number of amides is 1. The lowest BCUT2D eigenvalue weighted by atomic mass is 10.2. The van der Waals surface area contributed by atoms with Crippen molar-refractivity contribution in [1.29, 1.82) is 0 Å². The fraction of sp³-hybridized carbons (Fsp3) is 0.316. The molecule has 0 aliphatic heterocycles. The van der Waals surface area contributed by atoms with Crippen LogP contribution >= 0.6 is 11.8 Å². The van der Waals surface area contributed by atoms with Gasteiger partial charge in [0.2, 0.25) is 17.5 Å². The van der Waals surface area contributed by atoms with Crippen LogP contribution in [-0.2, 0) is 23.6 Å². The molecule has 0 spiro atoms. The van der Waals surface area contributed by atoms with E-state index >= 15 is 0 Å².